The van der Waals surface area contributed by atoms with Crippen molar-refractivity contribution in [1.82, 2.24) is 0 Å². The van der Waals surface area contributed by atoms with Gasteiger partial charge in [0.15, 0.2) is 0 Å². The number of hydrogen-bond acceptors (Lipinski definition) is 1. The van der Waals surface area contributed by atoms with Crippen LogP contribution >= 0.6 is 0 Å². The average molecular weight is 253 g/mol. The largest absolute Gasteiger partial charge is 0.419 e. The number of aromatic amines is 1. The van der Waals surface area contributed by atoms with E-state index in [0.29, 0.717) is 12.4 Å². The highest BCUT2D eigenvalue weighted by Crippen LogP contribution is 2.28. The molecule has 2 aromatic rings. The standard InChI is InChI=1S/C13H11F3N2/c14-13(15,16)11-6-7-12(18-9-11)17-8-10-4-2-1-3-5-10/h1-7,9H,8H2,(H,17,18)/p+1. The van der Waals surface area contributed by atoms with E-state index in [0.717, 1.165) is 17.8 Å². The van der Waals surface area contributed by atoms with Gasteiger partial charge < -0.3 is 0 Å². The van der Waals surface area contributed by atoms with Gasteiger partial charge in [-0.25, -0.2) is 4.98 Å². The quantitative estimate of drug-likeness (QED) is 0.893. The Morgan fingerprint density at radius 3 is 2.28 bits per heavy atom. The van der Waals surface area contributed by atoms with Crippen LogP contribution in [-0.4, -0.2) is 0 Å². The topological polar surface area (TPSA) is 26.2 Å². The molecule has 0 aliphatic rings. The maximum Gasteiger partial charge on any atom is 0.419 e. The molecule has 5 heteroatoms. The van der Waals surface area contributed by atoms with Crippen molar-refractivity contribution >= 4 is 5.82 Å². The second-order valence-electron chi connectivity index (χ2n) is 3.83. The maximum absolute atomic E-state index is 12.3. The fraction of sp³-hybridized carbons (Fsp3) is 0.154. The zero-order valence-corrected chi connectivity index (χ0v) is 9.46. The molecule has 0 saturated heterocycles. The monoisotopic (exact) mass is 253 g/mol. The van der Waals surface area contributed by atoms with Gasteiger partial charge in [-0.05, 0) is 11.6 Å². The van der Waals surface area contributed by atoms with Gasteiger partial charge in [0, 0.05) is 6.07 Å². The first kappa shape index (κ1) is 12.4. The van der Waals surface area contributed by atoms with Gasteiger partial charge >= 0.3 is 6.18 Å². The highest BCUT2D eigenvalue weighted by molar-refractivity contribution is 5.31. The number of halogens is 3. The normalized spacial score (nSPS) is 11.3. The minimum atomic E-state index is -4.31. The van der Waals surface area contributed by atoms with E-state index in [-0.39, 0.29) is 0 Å². The molecule has 0 atom stereocenters. The van der Waals surface area contributed by atoms with E-state index in [1.165, 1.54) is 6.07 Å². The molecule has 0 bridgehead atoms. The molecule has 0 unspecified atom stereocenters. The first-order valence-electron chi connectivity index (χ1n) is 5.42. The lowest BCUT2D eigenvalue weighted by atomic mass is 10.2. The summed E-state index contributed by atoms with van der Waals surface area (Å²) in [5, 5.41) is 3.02. The molecule has 0 amide bonds. The van der Waals surface area contributed by atoms with E-state index in [1.54, 1.807) is 0 Å². The lowest BCUT2D eigenvalue weighted by Crippen LogP contribution is -2.16. The summed E-state index contributed by atoms with van der Waals surface area (Å²) >= 11 is 0. The van der Waals surface area contributed by atoms with Crippen LogP contribution < -0.4 is 10.3 Å². The number of H-pyrrole nitrogens is 1. The summed E-state index contributed by atoms with van der Waals surface area (Å²) in [5.74, 6) is 0.548. The van der Waals surface area contributed by atoms with Gasteiger partial charge in [0.25, 0.3) is 5.82 Å². The Balaban J connectivity index is 1.99. The van der Waals surface area contributed by atoms with E-state index in [4.69, 9.17) is 0 Å². The molecule has 0 radical (unpaired) electrons. The predicted octanol–water partition coefficient (Wildman–Crippen LogP) is 3.13. The number of pyridine rings is 1. The molecule has 2 rings (SSSR count). The Morgan fingerprint density at radius 2 is 1.72 bits per heavy atom. The molecule has 0 fully saturated rings. The summed E-state index contributed by atoms with van der Waals surface area (Å²) in [5.41, 5.74) is 0.374. The molecule has 0 spiro atoms. The SMILES string of the molecule is FC(F)(F)c1ccc(NCc2ccccc2)[nH+]c1. The summed E-state index contributed by atoms with van der Waals surface area (Å²) in [4.78, 5) is 2.58. The second kappa shape index (κ2) is 5.08. The van der Waals surface area contributed by atoms with Gasteiger partial charge in [0.2, 0.25) is 0 Å². The van der Waals surface area contributed by atoms with Crippen LogP contribution in [-0.2, 0) is 12.7 Å². The van der Waals surface area contributed by atoms with E-state index in [1.807, 2.05) is 30.3 Å². The van der Waals surface area contributed by atoms with Crippen molar-refractivity contribution in [2.24, 2.45) is 0 Å². The van der Waals surface area contributed by atoms with Crippen molar-refractivity contribution in [3.05, 3.63) is 59.8 Å². The summed E-state index contributed by atoms with van der Waals surface area (Å²) < 4.78 is 37.0. The number of benzene rings is 1. The van der Waals surface area contributed by atoms with Gasteiger partial charge in [0.1, 0.15) is 12.7 Å². The van der Waals surface area contributed by atoms with Gasteiger partial charge in [-0.2, -0.15) is 13.2 Å². The predicted molar refractivity (Wildman–Crippen MR) is 61.8 cm³/mol. The molecule has 1 aromatic heterocycles. The Bertz CT molecular complexity index is 492. The van der Waals surface area contributed by atoms with Crippen molar-refractivity contribution < 1.29 is 18.2 Å². The fourth-order valence-corrected chi connectivity index (χ4v) is 1.50. The molecule has 2 N–H and O–H groups in total. The zero-order chi connectivity index (χ0) is 13.0. The first-order chi connectivity index (χ1) is 8.55. The molecule has 0 aliphatic heterocycles. The number of aromatic nitrogens is 1. The molecular formula is C13H12F3N2+. The van der Waals surface area contributed by atoms with E-state index in [2.05, 4.69) is 10.3 Å². The molecule has 0 saturated carbocycles. The molecular weight excluding hydrogens is 241 g/mol. The summed E-state index contributed by atoms with van der Waals surface area (Å²) in [6, 6.07) is 12.0. The molecule has 2 nitrogen and oxygen atoms in total. The fourth-order valence-electron chi connectivity index (χ4n) is 1.50. The Labute approximate surface area is 102 Å². The highest BCUT2D eigenvalue weighted by atomic mass is 19.4. The third-order valence-electron chi connectivity index (χ3n) is 2.47. The van der Waals surface area contributed by atoms with Crippen molar-refractivity contribution in [2.75, 3.05) is 5.32 Å². The van der Waals surface area contributed by atoms with E-state index < -0.39 is 11.7 Å². The van der Waals surface area contributed by atoms with Crippen LogP contribution in [0.2, 0.25) is 0 Å². The minimum Gasteiger partial charge on any atom is -0.270 e. The summed E-state index contributed by atoms with van der Waals surface area (Å²) in [6.45, 7) is 0.558. The lowest BCUT2D eigenvalue weighted by Gasteiger charge is -2.04. The number of hydrogen-bond donors (Lipinski definition) is 1. The van der Waals surface area contributed by atoms with Gasteiger partial charge in [-0.15, -0.1) is 0 Å². The van der Waals surface area contributed by atoms with Crippen molar-refractivity contribution in [3.63, 3.8) is 0 Å². The van der Waals surface area contributed by atoms with Crippen molar-refractivity contribution in [2.45, 2.75) is 12.7 Å². The highest BCUT2D eigenvalue weighted by Gasteiger charge is 2.31. The van der Waals surface area contributed by atoms with Crippen LogP contribution in [0, 0.1) is 0 Å². The Kier molecular flexibility index (Phi) is 3.50. The van der Waals surface area contributed by atoms with Gasteiger partial charge in [-0.1, -0.05) is 30.3 Å². The van der Waals surface area contributed by atoms with Crippen molar-refractivity contribution in [3.8, 4) is 0 Å². The van der Waals surface area contributed by atoms with Crippen LogP contribution in [0.1, 0.15) is 11.1 Å². The van der Waals surface area contributed by atoms with Crippen LogP contribution in [0.4, 0.5) is 19.0 Å². The molecule has 18 heavy (non-hydrogen) atoms. The van der Waals surface area contributed by atoms with Crippen LogP contribution in [0.5, 0.6) is 0 Å². The van der Waals surface area contributed by atoms with Crippen molar-refractivity contribution in [1.29, 1.82) is 0 Å². The summed E-state index contributed by atoms with van der Waals surface area (Å²) in [7, 11) is 0. The number of anilines is 1. The number of nitrogens with one attached hydrogen (secondary N) is 2. The van der Waals surface area contributed by atoms with Gasteiger partial charge in [-0.3, -0.25) is 5.32 Å². The Hall–Kier alpha value is -2.04. The van der Waals surface area contributed by atoms with Gasteiger partial charge in [0.05, 0.1) is 5.56 Å². The van der Waals surface area contributed by atoms with Crippen LogP contribution in [0.25, 0.3) is 0 Å². The lowest BCUT2D eigenvalue weighted by molar-refractivity contribution is -0.364. The van der Waals surface area contributed by atoms with E-state index in [9.17, 15) is 13.2 Å². The maximum atomic E-state index is 12.3. The van der Waals surface area contributed by atoms with E-state index >= 15 is 0 Å². The third kappa shape index (κ3) is 3.23. The minimum absolute atomic E-state index is 0.548. The van der Waals surface area contributed by atoms with Crippen LogP contribution in [0.3, 0.4) is 0 Å². The molecule has 1 aromatic carbocycles. The molecule has 0 aliphatic carbocycles. The smallest absolute Gasteiger partial charge is 0.270 e. The first-order valence-corrected chi connectivity index (χ1v) is 5.42. The number of rotatable bonds is 3. The second-order valence-corrected chi connectivity index (χ2v) is 3.83. The molecule has 1 heterocycles. The number of alkyl halides is 3. The summed E-state index contributed by atoms with van der Waals surface area (Å²) in [6.07, 6.45) is -3.36. The van der Waals surface area contributed by atoms with Crippen LogP contribution in [0.15, 0.2) is 48.7 Å². The molecule has 94 valence electrons. The third-order valence-corrected chi connectivity index (χ3v) is 2.47. The average Bonchev–Trinajstić information content (AvgIpc) is 2.37. The zero-order valence-electron chi connectivity index (χ0n) is 9.46. The Morgan fingerprint density at radius 1 is 1.00 bits per heavy atom.